The second-order valence-corrected chi connectivity index (χ2v) is 5.63. The second kappa shape index (κ2) is 6.54. The van der Waals surface area contributed by atoms with E-state index in [4.69, 9.17) is 5.73 Å². The zero-order chi connectivity index (χ0) is 14.0. The van der Waals surface area contributed by atoms with Gasteiger partial charge in [-0.1, -0.05) is 13.3 Å². The first-order chi connectivity index (χ1) is 8.92. The van der Waals surface area contributed by atoms with Crippen molar-refractivity contribution in [3.05, 3.63) is 11.6 Å². The first-order valence-electron chi connectivity index (χ1n) is 6.92. The zero-order valence-electron chi connectivity index (χ0n) is 12.3. The lowest BCUT2D eigenvalue weighted by atomic mass is 9.95. The van der Waals surface area contributed by atoms with Crippen molar-refractivity contribution in [1.82, 2.24) is 20.1 Å². The quantitative estimate of drug-likeness (QED) is 0.867. The summed E-state index contributed by atoms with van der Waals surface area (Å²) in [4.78, 5) is 16.5. The number of hydrogen-bond acceptors (Lipinski definition) is 4. The van der Waals surface area contributed by atoms with E-state index in [1.54, 1.807) is 6.92 Å². The van der Waals surface area contributed by atoms with E-state index >= 15 is 0 Å². The monoisotopic (exact) mass is 301 g/mol. The number of rotatable bonds is 4. The van der Waals surface area contributed by atoms with Gasteiger partial charge in [-0.15, -0.1) is 12.4 Å². The standard InChI is InChI=1S/C13H23N5O.ClH/c1-4-7-13(3,14)12(19)16-10-5-6-11-15-9(2)17-18(11)8-10;/h10H,4-8,14H2,1-3H3,(H,16,19);1H. The number of nitrogens with one attached hydrogen (secondary N) is 1. The SMILES string of the molecule is CCCC(C)(N)C(=O)NC1CCc2nc(C)nn2C1.Cl. The van der Waals surface area contributed by atoms with Crippen LogP contribution in [0.15, 0.2) is 0 Å². The summed E-state index contributed by atoms with van der Waals surface area (Å²) < 4.78 is 1.89. The van der Waals surface area contributed by atoms with Crippen molar-refractivity contribution in [2.75, 3.05) is 0 Å². The van der Waals surface area contributed by atoms with Crippen LogP contribution in [0.25, 0.3) is 0 Å². The Balaban J connectivity index is 0.00000200. The minimum absolute atomic E-state index is 0. The minimum Gasteiger partial charge on any atom is -0.350 e. The maximum atomic E-state index is 12.2. The lowest BCUT2D eigenvalue weighted by Crippen LogP contribution is -2.55. The molecule has 1 aliphatic rings. The minimum atomic E-state index is -0.784. The lowest BCUT2D eigenvalue weighted by Gasteiger charge is -2.29. The molecule has 20 heavy (non-hydrogen) atoms. The summed E-state index contributed by atoms with van der Waals surface area (Å²) in [5, 5.41) is 7.37. The molecule has 1 aliphatic heterocycles. The van der Waals surface area contributed by atoms with Gasteiger partial charge in [0.25, 0.3) is 0 Å². The van der Waals surface area contributed by atoms with Crippen molar-refractivity contribution in [1.29, 1.82) is 0 Å². The predicted octanol–water partition coefficient (Wildman–Crippen LogP) is 0.957. The molecule has 0 aliphatic carbocycles. The van der Waals surface area contributed by atoms with Crippen molar-refractivity contribution in [2.45, 2.75) is 64.6 Å². The highest BCUT2D eigenvalue weighted by molar-refractivity contribution is 5.86. The van der Waals surface area contributed by atoms with Crippen LogP contribution in [0.5, 0.6) is 0 Å². The van der Waals surface area contributed by atoms with Crippen LogP contribution in [-0.2, 0) is 17.8 Å². The Morgan fingerprint density at radius 3 is 2.95 bits per heavy atom. The molecule has 0 spiro atoms. The average Bonchev–Trinajstić information content (AvgIpc) is 2.68. The molecule has 0 radical (unpaired) electrons. The normalized spacial score (nSPS) is 20.5. The van der Waals surface area contributed by atoms with Crippen molar-refractivity contribution in [3.8, 4) is 0 Å². The number of carbonyl (C=O) groups excluding carboxylic acids is 1. The van der Waals surface area contributed by atoms with Crippen LogP contribution in [0.2, 0.25) is 0 Å². The van der Waals surface area contributed by atoms with E-state index in [9.17, 15) is 4.79 Å². The molecule has 1 aromatic rings. The van der Waals surface area contributed by atoms with Gasteiger partial charge < -0.3 is 11.1 Å². The molecule has 0 fully saturated rings. The van der Waals surface area contributed by atoms with Crippen molar-refractivity contribution >= 4 is 18.3 Å². The van der Waals surface area contributed by atoms with Gasteiger partial charge in [-0.2, -0.15) is 5.10 Å². The lowest BCUT2D eigenvalue weighted by molar-refractivity contribution is -0.127. The summed E-state index contributed by atoms with van der Waals surface area (Å²) in [6.45, 7) is 6.39. The van der Waals surface area contributed by atoms with Crippen LogP contribution in [0.1, 0.15) is 44.8 Å². The molecule has 2 atom stereocenters. The van der Waals surface area contributed by atoms with Crippen molar-refractivity contribution < 1.29 is 4.79 Å². The van der Waals surface area contributed by atoms with E-state index < -0.39 is 5.54 Å². The number of aryl methyl sites for hydroxylation is 2. The number of amides is 1. The molecular weight excluding hydrogens is 278 g/mol. The highest BCUT2D eigenvalue weighted by Crippen LogP contribution is 2.15. The van der Waals surface area contributed by atoms with Crippen molar-refractivity contribution in [3.63, 3.8) is 0 Å². The fourth-order valence-electron chi connectivity index (χ4n) is 2.53. The molecule has 2 heterocycles. The molecule has 0 saturated heterocycles. The maximum absolute atomic E-state index is 12.2. The summed E-state index contributed by atoms with van der Waals surface area (Å²) in [5.41, 5.74) is 5.26. The number of carbonyl (C=O) groups is 1. The van der Waals surface area contributed by atoms with Crippen LogP contribution >= 0.6 is 12.4 Å². The molecule has 2 rings (SSSR count). The van der Waals surface area contributed by atoms with Gasteiger partial charge in [0.15, 0.2) is 0 Å². The molecule has 1 aromatic heterocycles. The van der Waals surface area contributed by atoms with Crippen LogP contribution < -0.4 is 11.1 Å². The Labute approximate surface area is 125 Å². The zero-order valence-corrected chi connectivity index (χ0v) is 13.2. The average molecular weight is 302 g/mol. The topological polar surface area (TPSA) is 85.8 Å². The first kappa shape index (κ1) is 16.9. The van der Waals surface area contributed by atoms with Gasteiger partial charge in [-0.05, 0) is 26.7 Å². The summed E-state index contributed by atoms with van der Waals surface area (Å²) in [6.07, 6.45) is 3.34. The fourth-order valence-corrected chi connectivity index (χ4v) is 2.53. The molecule has 114 valence electrons. The van der Waals surface area contributed by atoms with Gasteiger partial charge in [0, 0.05) is 12.5 Å². The third-order valence-corrected chi connectivity index (χ3v) is 3.59. The van der Waals surface area contributed by atoms with E-state index in [-0.39, 0.29) is 24.4 Å². The number of nitrogens with two attached hydrogens (primary N) is 1. The number of fused-ring (bicyclic) bond motifs is 1. The molecule has 0 bridgehead atoms. The Morgan fingerprint density at radius 2 is 2.30 bits per heavy atom. The van der Waals surface area contributed by atoms with Gasteiger partial charge >= 0.3 is 0 Å². The van der Waals surface area contributed by atoms with Crippen molar-refractivity contribution in [2.24, 2.45) is 5.73 Å². The largest absolute Gasteiger partial charge is 0.350 e. The Morgan fingerprint density at radius 1 is 1.60 bits per heavy atom. The maximum Gasteiger partial charge on any atom is 0.240 e. The molecule has 6 nitrogen and oxygen atoms in total. The Bertz CT molecular complexity index is 471. The van der Waals surface area contributed by atoms with E-state index in [0.717, 1.165) is 30.9 Å². The third-order valence-electron chi connectivity index (χ3n) is 3.59. The van der Waals surface area contributed by atoms with Gasteiger partial charge in [0.1, 0.15) is 11.6 Å². The number of nitrogens with zero attached hydrogens (tertiary/aromatic N) is 3. The molecular formula is C13H24ClN5O. The molecule has 0 aromatic carbocycles. The van der Waals surface area contributed by atoms with E-state index in [1.165, 1.54) is 0 Å². The van der Waals surface area contributed by atoms with E-state index in [1.807, 2.05) is 18.5 Å². The van der Waals surface area contributed by atoms with E-state index in [2.05, 4.69) is 15.4 Å². The Hall–Kier alpha value is -1.14. The number of hydrogen-bond donors (Lipinski definition) is 2. The molecule has 2 unspecified atom stereocenters. The number of aromatic nitrogens is 3. The van der Waals surface area contributed by atoms with Crippen LogP contribution in [0.3, 0.4) is 0 Å². The number of halogens is 1. The fraction of sp³-hybridized carbons (Fsp3) is 0.769. The molecule has 3 N–H and O–H groups in total. The molecule has 0 saturated carbocycles. The smallest absolute Gasteiger partial charge is 0.240 e. The molecule has 1 amide bonds. The van der Waals surface area contributed by atoms with Crippen LogP contribution in [0, 0.1) is 6.92 Å². The second-order valence-electron chi connectivity index (χ2n) is 5.63. The third kappa shape index (κ3) is 3.70. The highest BCUT2D eigenvalue weighted by atomic mass is 35.5. The summed E-state index contributed by atoms with van der Waals surface area (Å²) in [6, 6.07) is 0.0980. The van der Waals surface area contributed by atoms with Crippen LogP contribution in [0.4, 0.5) is 0 Å². The summed E-state index contributed by atoms with van der Waals surface area (Å²) >= 11 is 0. The van der Waals surface area contributed by atoms with Gasteiger partial charge in [0.2, 0.25) is 5.91 Å². The predicted molar refractivity (Wildman–Crippen MR) is 79.8 cm³/mol. The van der Waals surface area contributed by atoms with Gasteiger partial charge in [0.05, 0.1) is 12.1 Å². The van der Waals surface area contributed by atoms with E-state index in [0.29, 0.717) is 13.0 Å². The first-order valence-corrected chi connectivity index (χ1v) is 6.92. The summed E-state index contributed by atoms with van der Waals surface area (Å²) in [7, 11) is 0. The van der Waals surface area contributed by atoms with Gasteiger partial charge in [-0.25, -0.2) is 9.67 Å². The molecule has 7 heteroatoms. The summed E-state index contributed by atoms with van der Waals surface area (Å²) in [5.74, 6) is 1.73. The highest BCUT2D eigenvalue weighted by Gasteiger charge is 2.30. The Kier molecular flexibility index (Phi) is 5.53. The van der Waals surface area contributed by atoms with Gasteiger partial charge in [-0.3, -0.25) is 4.79 Å². The van der Waals surface area contributed by atoms with Crippen LogP contribution in [-0.4, -0.2) is 32.3 Å².